The highest BCUT2D eigenvalue weighted by Gasteiger charge is 2.16. The molecule has 0 saturated heterocycles. The van der Waals surface area contributed by atoms with Gasteiger partial charge in [0.25, 0.3) is 0 Å². The van der Waals surface area contributed by atoms with Crippen molar-refractivity contribution in [2.45, 2.75) is 25.6 Å². The van der Waals surface area contributed by atoms with Crippen LogP contribution in [0.15, 0.2) is 24.3 Å². The molecule has 0 aliphatic heterocycles. The molecule has 1 unspecified atom stereocenters. The Hall–Kier alpha value is -2.22. The van der Waals surface area contributed by atoms with Crippen LogP contribution in [0.4, 0.5) is 8.78 Å². The van der Waals surface area contributed by atoms with Crippen molar-refractivity contribution in [3.63, 3.8) is 0 Å². The lowest BCUT2D eigenvalue weighted by atomic mass is 10.2. The van der Waals surface area contributed by atoms with Crippen LogP contribution in [0.1, 0.15) is 12.0 Å². The molecule has 0 radical (unpaired) electrons. The first kappa shape index (κ1) is 15.8. The van der Waals surface area contributed by atoms with Gasteiger partial charge in [0.05, 0.1) is 12.5 Å². The average molecular weight is 288 g/mol. The standard InChI is InChI=1S/C12H14F2N2O4/c13-12(14)20-8-3-1-7(2-4-8)6-16-11(19)9(15)5-10(17)18/h1-4,9,12H,5-6,15H2,(H,16,19)(H,17,18). The number of carboxylic acids is 1. The molecule has 110 valence electrons. The number of halogens is 2. The number of carboxylic acid groups (broad SMARTS) is 1. The van der Waals surface area contributed by atoms with Gasteiger partial charge in [0.15, 0.2) is 0 Å². The Labute approximate surface area is 113 Å². The van der Waals surface area contributed by atoms with E-state index in [1.54, 1.807) is 0 Å². The molecule has 0 bridgehead atoms. The van der Waals surface area contributed by atoms with Crippen LogP contribution in [-0.4, -0.2) is 29.6 Å². The van der Waals surface area contributed by atoms with Crippen LogP contribution in [0.3, 0.4) is 0 Å². The summed E-state index contributed by atoms with van der Waals surface area (Å²) in [5.41, 5.74) is 6.01. The molecule has 4 N–H and O–H groups in total. The van der Waals surface area contributed by atoms with Crippen molar-refractivity contribution in [3.05, 3.63) is 29.8 Å². The Bertz CT molecular complexity index is 465. The van der Waals surface area contributed by atoms with Gasteiger partial charge in [-0.15, -0.1) is 0 Å². The topological polar surface area (TPSA) is 102 Å². The van der Waals surface area contributed by atoms with Crippen molar-refractivity contribution in [1.82, 2.24) is 5.32 Å². The van der Waals surface area contributed by atoms with E-state index in [-0.39, 0.29) is 12.3 Å². The van der Waals surface area contributed by atoms with Gasteiger partial charge in [0.1, 0.15) is 5.75 Å². The number of benzene rings is 1. The Morgan fingerprint density at radius 1 is 1.30 bits per heavy atom. The van der Waals surface area contributed by atoms with E-state index < -0.39 is 31.0 Å². The maximum atomic E-state index is 11.9. The fourth-order valence-electron chi connectivity index (χ4n) is 1.39. The monoisotopic (exact) mass is 288 g/mol. The highest BCUT2D eigenvalue weighted by Crippen LogP contribution is 2.14. The zero-order valence-corrected chi connectivity index (χ0v) is 10.4. The number of rotatable bonds is 7. The number of alkyl halides is 2. The normalized spacial score (nSPS) is 12.0. The zero-order chi connectivity index (χ0) is 15.1. The third kappa shape index (κ3) is 5.61. The minimum atomic E-state index is -2.89. The summed E-state index contributed by atoms with van der Waals surface area (Å²) in [7, 11) is 0. The van der Waals surface area contributed by atoms with Gasteiger partial charge >= 0.3 is 12.6 Å². The number of aliphatic carboxylic acids is 1. The van der Waals surface area contributed by atoms with E-state index in [2.05, 4.69) is 10.1 Å². The smallest absolute Gasteiger partial charge is 0.387 e. The molecule has 20 heavy (non-hydrogen) atoms. The van der Waals surface area contributed by atoms with E-state index in [0.717, 1.165) is 0 Å². The molecule has 0 fully saturated rings. The molecule has 1 amide bonds. The van der Waals surface area contributed by atoms with Crippen molar-refractivity contribution in [3.8, 4) is 5.75 Å². The molecular weight excluding hydrogens is 274 g/mol. The first-order chi connectivity index (χ1) is 9.38. The Kier molecular flexibility index (Phi) is 5.85. The lowest BCUT2D eigenvalue weighted by Gasteiger charge is -2.10. The molecular formula is C12H14F2N2O4. The summed E-state index contributed by atoms with van der Waals surface area (Å²) in [5.74, 6) is -1.75. The molecule has 1 aromatic rings. The van der Waals surface area contributed by atoms with Gasteiger partial charge in [-0.05, 0) is 17.7 Å². The number of nitrogens with two attached hydrogens (primary N) is 1. The van der Waals surface area contributed by atoms with E-state index in [1.807, 2.05) is 0 Å². The van der Waals surface area contributed by atoms with Gasteiger partial charge in [0.2, 0.25) is 5.91 Å². The lowest BCUT2D eigenvalue weighted by molar-refractivity contribution is -0.139. The third-order valence-electron chi connectivity index (χ3n) is 2.35. The van der Waals surface area contributed by atoms with E-state index >= 15 is 0 Å². The second-order valence-corrected chi connectivity index (χ2v) is 3.94. The Morgan fingerprint density at radius 3 is 2.40 bits per heavy atom. The molecule has 0 spiro atoms. The molecule has 1 rings (SSSR count). The zero-order valence-electron chi connectivity index (χ0n) is 10.4. The number of hydrogen-bond donors (Lipinski definition) is 3. The maximum Gasteiger partial charge on any atom is 0.387 e. The molecule has 0 aromatic heterocycles. The number of carbonyl (C=O) groups excluding carboxylic acids is 1. The largest absolute Gasteiger partial charge is 0.481 e. The van der Waals surface area contributed by atoms with Crippen molar-refractivity contribution in [2.75, 3.05) is 0 Å². The number of hydrogen-bond acceptors (Lipinski definition) is 4. The van der Waals surface area contributed by atoms with Crippen molar-refractivity contribution < 1.29 is 28.2 Å². The third-order valence-corrected chi connectivity index (χ3v) is 2.35. The summed E-state index contributed by atoms with van der Waals surface area (Å²) in [4.78, 5) is 21.8. The van der Waals surface area contributed by atoms with Crippen LogP contribution >= 0.6 is 0 Å². The van der Waals surface area contributed by atoms with Gasteiger partial charge in [-0.1, -0.05) is 12.1 Å². The molecule has 0 aliphatic rings. The fourth-order valence-corrected chi connectivity index (χ4v) is 1.39. The summed E-state index contributed by atoms with van der Waals surface area (Å²) >= 11 is 0. The van der Waals surface area contributed by atoms with Crippen LogP contribution in [0, 0.1) is 0 Å². The van der Waals surface area contributed by atoms with E-state index in [4.69, 9.17) is 10.8 Å². The summed E-state index contributed by atoms with van der Waals surface area (Å²) < 4.78 is 28.0. The number of nitrogens with one attached hydrogen (secondary N) is 1. The van der Waals surface area contributed by atoms with Crippen molar-refractivity contribution >= 4 is 11.9 Å². The van der Waals surface area contributed by atoms with Gasteiger partial charge in [-0.3, -0.25) is 9.59 Å². The van der Waals surface area contributed by atoms with E-state index in [9.17, 15) is 18.4 Å². The highest BCUT2D eigenvalue weighted by atomic mass is 19.3. The van der Waals surface area contributed by atoms with Crippen molar-refractivity contribution in [1.29, 1.82) is 0 Å². The molecule has 8 heteroatoms. The summed E-state index contributed by atoms with van der Waals surface area (Å²) in [6.45, 7) is -2.78. The van der Waals surface area contributed by atoms with Crippen LogP contribution in [-0.2, 0) is 16.1 Å². The molecule has 0 heterocycles. The summed E-state index contributed by atoms with van der Waals surface area (Å²) in [6, 6.07) is 4.55. The number of ether oxygens (including phenoxy) is 1. The predicted octanol–water partition coefficient (Wildman–Crippen LogP) is 0.706. The minimum Gasteiger partial charge on any atom is -0.481 e. The maximum absolute atomic E-state index is 11.9. The Balaban J connectivity index is 2.45. The first-order valence-electron chi connectivity index (χ1n) is 5.67. The van der Waals surface area contributed by atoms with Crippen LogP contribution in [0.25, 0.3) is 0 Å². The highest BCUT2D eigenvalue weighted by molar-refractivity contribution is 5.85. The summed E-state index contributed by atoms with van der Waals surface area (Å²) in [5, 5.41) is 10.9. The lowest BCUT2D eigenvalue weighted by Crippen LogP contribution is -2.41. The predicted molar refractivity (Wildman–Crippen MR) is 65.1 cm³/mol. The first-order valence-corrected chi connectivity index (χ1v) is 5.67. The van der Waals surface area contributed by atoms with Crippen molar-refractivity contribution in [2.24, 2.45) is 5.73 Å². The average Bonchev–Trinajstić information content (AvgIpc) is 2.36. The number of carbonyl (C=O) groups is 2. The molecule has 0 aliphatic carbocycles. The number of amides is 1. The van der Waals surface area contributed by atoms with Crippen LogP contribution < -0.4 is 15.8 Å². The van der Waals surface area contributed by atoms with Crippen LogP contribution in [0.5, 0.6) is 5.75 Å². The van der Waals surface area contributed by atoms with Gasteiger partial charge in [0, 0.05) is 6.54 Å². The second-order valence-electron chi connectivity index (χ2n) is 3.94. The van der Waals surface area contributed by atoms with Gasteiger partial charge in [-0.25, -0.2) is 0 Å². The van der Waals surface area contributed by atoms with Crippen LogP contribution in [0.2, 0.25) is 0 Å². The quantitative estimate of drug-likeness (QED) is 0.685. The van der Waals surface area contributed by atoms with Gasteiger partial charge < -0.3 is 20.9 Å². The second kappa shape index (κ2) is 7.39. The molecule has 1 atom stereocenters. The fraction of sp³-hybridized carbons (Fsp3) is 0.333. The van der Waals surface area contributed by atoms with Gasteiger partial charge in [-0.2, -0.15) is 8.78 Å². The summed E-state index contributed by atoms with van der Waals surface area (Å²) in [6.07, 6.45) is -0.465. The van der Waals surface area contributed by atoms with E-state index in [1.165, 1.54) is 24.3 Å². The minimum absolute atomic E-state index is 0.0117. The molecule has 0 saturated carbocycles. The Morgan fingerprint density at radius 2 is 1.90 bits per heavy atom. The molecule has 6 nitrogen and oxygen atoms in total. The SMILES string of the molecule is NC(CC(=O)O)C(=O)NCc1ccc(OC(F)F)cc1. The molecule has 1 aromatic carbocycles. The van der Waals surface area contributed by atoms with E-state index in [0.29, 0.717) is 5.56 Å².